The lowest BCUT2D eigenvalue weighted by Crippen LogP contribution is -2.75. The van der Waals surface area contributed by atoms with E-state index in [-0.39, 0.29) is 54.3 Å². The maximum Gasteiger partial charge on any atom is 0.312 e. The molecule has 48 heavy (non-hydrogen) atoms. The number of allylic oxidation sites excluding steroid dienone is 2. The molecule has 2 bridgehead atoms. The monoisotopic (exact) mass is 678 g/mol. The Kier molecular flexibility index (Phi) is 8.21. The normalized spacial score (nSPS) is 57.7. The molecule has 0 aromatic heterocycles. The zero-order chi connectivity index (χ0) is 34.9. The Morgan fingerprint density at radius 1 is 0.896 bits per heavy atom. The maximum absolute atomic E-state index is 13.2. The quantitative estimate of drug-likeness (QED) is 0.157. The lowest BCUT2D eigenvalue weighted by Gasteiger charge is -2.79. The van der Waals surface area contributed by atoms with Gasteiger partial charge < -0.3 is 50.3 Å². The van der Waals surface area contributed by atoms with Crippen molar-refractivity contribution in [1.82, 2.24) is 0 Å². The first-order valence-corrected chi connectivity index (χ1v) is 18.3. The molecule has 7 rings (SSSR count). The Morgan fingerprint density at radius 3 is 2.29 bits per heavy atom. The SMILES string of the molecule is CC1(CO)CC(O)C2(C(=O)O)CCC34CCCC5(CC=C3C2C1)C1(C)CC(O)C(OC2OCC(O)C(O)C2O)C(C)(CO)C1CCC45C. The lowest BCUT2D eigenvalue weighted by molar-refractivity contribution is -0.342. The van der Waals surface area contributed by atoms with Gasteiger partial charge in [0.1, 0.15) is 23.7 Å². The second-order valence-electron chi connectivity index (χ2n) is 18.3. The van der Waals surface area contributed by atoms with Gasteiger partial charge in [-0.05, 0) is 103 Å². The van der Waals surface area contributed by atoms with E-state index in [1.54, 1.807) is 0 Å². The summed E-state index contributed by atoms with van der Waals surface area (Å²) in [5, 5.41) is 86.9. The summed E-state index contributed by atoms with van der Waals surface area (Å²) in [6.07, 6.45) is 1.28. The summed E-state index contributed by atoms with van der Waals surface area (Å²) in [7, 11) is 0. The van der Waals surface area contributed by atoms with Crippen LogP contribution in [0.1, 0.15) is 98.3 Å². The van der Waals surface area contributed by atoms with Crippen LogP contribution in [0, 0.1) is 49.7 Å². The molecule has 1 saturated heterocycles. The number of aliphatic carboxylic acids is 1. The largest absolute Gasteiger partial charge is 0.481 e. The Morgan fingerprint density at radius 2 is 1.62 bits per heavy atom. The molecule has 8 N–H and O–H groups in total. The second-order valence-corrected chi connectivity index (χ2v) is 18.3. The van der Waals surface area contributed by atoms with Crippen LogP contribution in [-0.2, 0) is 14.3 Å². The highest BCUT2D eigenvalue weighted by Crippen LogP contribution is 2.83. The molecule has 6 aliphatic carbocycles. The molecule has 0 aromatic carbocycles. The fourth-order valence-corrected chi connectivity index (χ4v) is 14.1. The van der Waals surface area contributed by atoms with Crippen molar-refractivity contribution >= 4 is 5.97 Å². The molecule has 0 amide bonds. The average molecular weight is 679 g/mol. The number of carboxylic acid groups (broad SMARTS) is 1. The number of ether oxygens (including phenoxy) is 2. The van der Waals surface area contributed by atoms with E-state index in [2.05, 4.69) is 19.9 Å². The van der Waals surface area contributed by atoms with E-state index in [9.17, 15) is 45.6 Å². The molecule has 16 atom stereocenters. The van der Waals surface area contributed by atoms with Crippen molar-refractivity contribution in [2.45, 2.75) is 141 Å². The molecule has 0 aromatic rings. The third-order valence-corrected chi connectivity index (χ3v) is 16.6. The summed E-state index contributed by atoms with van der Waals surface area (Å²) in [5.74, 6) is -1.39. The van der Waals surface area contributed by atoms with Crippen molar-refractivity contribution in [3.05, 3.63) is 11.6 Å². The standard InChI is InChI=1S/C37H58O11/c1-31(18-38)14-21-20-6-11-36-9-5-8-35(20,12-13-37(21,30(45)46)25(42)16-31)34(36,4)10-7-24-32(2,19-39)28(22(40)15-33(24,36)3)48-29-27(44)26(43)23(41)17-47-29/h6,21-29,38-44H,5,7-19H2,1-4H3,(H,45,46). The minimum absolute atomic E-state index is 0.0614. The van der Waals surface area contributed by atoms with E-state index in [1.807, 2.05) is 13.8 Å². The molecule has 16 unspecified atom stereocenters. The van der Waals surface area contributed by atoms with Crippen molar-refractivity contribution in [2.75, 3.05) is 19.8 Å². The van der Waals surface area contributed by atoms with Crippen LogP contribution in [0.3, 0.4) is 0 Å². The van der Waals surface area contributed by atoms with E-state index < -0.39 is 70.5 Å². The van der Waals surface area contributed by atoms with E-state index in [1.165, 1.54) is 5.57 Å². The number of hydrogen-bond donors (Lipinski definition) is 8. The van der Waals surface area contributed by atoms with Crippen LogP contribution in [0.15, 0.2) is 11.6 Å². The van der Waals surface area contributed by atoms with Gasteiger partial charge >= 0.3 is 5.97 Å². The zero-order valence-electron chi connectivity index (χ0n) is 29.0. The number of carbonyl (C=O) groups is 1. The summed E-state index contributed by atoms with van der Waals surface area (Å²) in [5.41, 5.74) is -2.81. The fraction of sp³-hybridized carbons (Fsp3) is 0.919. The third kappa shape index (κ3) is 4.11. The van der Waals surface area contributed by atoms with E-state index >= 15 is 0 Å². The molecule has 6 fully saturated rings. The first-order valence-electron chi connectivity index (χ1n) is 18.3. The fourth-order valence-electron chi connectivity index (χ4n) is 14.1. The smallest absolute Gasteiger partial charge is 0.312 e. The molecule has 1 spiro atoms. The van der Waals surface area contributed by atoms with Gasteiger partial charge in [-0.1, -0.05) is 45.8 Å². The van der Waals surface area contributed by atoms with E-state index in [0.29, 0.717) is 32.1 Å². The second kappa shape index (κ2) is 11.2. The molecule has 1 heterocycles. The van der Waals surface area contributed by atoms with Crippen molar-refractivity contribution in [2.24, 2.45) is 49.7 Å². The molecule has 11 nitrogen and oxygen atoms in total. The Bertz CT molecular complexity index is 1340. The molecule has 11 heteroatoms. The lowest BCUT2D eigenvalue weighted by atomic mass is 9.25. The van der Waals surface area contributed by atoms with Crippen LogP contribution < -0.4 is 0 Å². The highest BCUT2D eigenvalue weighted by molar-refractivity contribution is 5.77. The first kappa shape index (κ1) is 35.3. The van der Waals surface area contributed by atoms with Gasteiger partial charge in [-0.15, -0.1) is 0 Å². The Labute approximate surface area is 283 Å². The van der Waals surface area contributed by atoms with Gasteiger partial charge in [-0.25, -0.2) is 0 Å². The predicted octanol–water partition coefficient (Wildman–Crippen LogP) is 2.12. The minimum Gasteiger partial charge on any atom is -0.481 e. The molecule has 5 saturated carbocycles. The molecule has 7 aliphatic rings. The maximum atomic E-state index is 13.2. The van der Waals surface area contributed by atoms with E-state index in [0.717, 1.165) is 32.1 Å². The molecule has 272 valence electrons. The Hall–Kier alpha value is -1.15. The number of carboxylic acids is 1. The summed E-state index contributed by atoms with van der Waals surface area (Å²) < 4.78 is 11.9. The first-order chi connectivity index (χ1) is 22.5. The zero-order valence-corrected chi connectivity index (χ0v) is 29.0. The predicted molar refractivity (Wildman–Crippen MR) is 172 cm³/mol. The van der Waals surface area contributed by atoms with Gasteiger partial charge in [-0.3, -0.25) is 4.79 Å². The summed E-state index contributed by atoms with van der Waals surface area (Å²) in [6, 6.07) is 0. The average Bonchev–Trinajstić information content (AvgIpc) is 3.02. The highest BCUT2D eigenvalue weighted by Gasteiger charge is 2.78. The minimum atomic E-state index is -1.51. The van der Waals surface area contributed by atoms with Gasteiger partial charge in [-0.2, -0.15) is 0 Å². The highest BCUT2D eigenvalue weighted by atomic mass is 16.7. The van der Waals surface area contributed by atoms with Crippen molar-refractivity contribution in [3.63, 3.8) is 0 Å². The van der Waals surface area contributed by atoms with Gasteiger partial charge in [0, 0.05) is 12.0 Å². The van der Waals surface area contributed by atoms with Crippen LogP contribution in [0.2, 0.25) is 0 Å². The number of hydrogen-bond acceptors (Lipinski definition) is 10. The van der Waals surface area contributed by atoms with Crippen molar-refractivity contribution in [3.8, 4) is 0 Å². The van der Waals surface area contributed by atoms with Gasteiger partial charge in [0.25, 0.3) is 0 Å². The number of aliphatic hydroxyl groups excluding tert-OH is 7. The van der Waals surface area contributed by atoms with Crippen LogP contribution in [0.25, 0.3) is 0 Å². The van der Waals surface area contributed by atoms with Crippen LogP contribution in [-0.4, -0.2) is 110 Å². The number of rotatable bonds is 5. The summed E-state index contributed by atoms with van der Waals surface area (Å²) in [4.78, 5) is 13.2. The van der Waals surface area contributed by atoms with E-state index in [4.69, 9.17) is 9.47 Å². The van der Waals surface area contributed by atoms with Crippen molar-refractivity contribution in [1.29, 1.82) is 0 Å². The van der Waals surface area contributed by atoms with Gasteiger partial charge in [0.05, 0.1) is 31.5 Å². The van der Waals surface area contributed by atoms with Crippen LogP contribution >= 0.6 is 0 Å². The number of fused-ring (bicyclic) bond motifs is 3. The third-order valence-electron chi connectivity index (χ3n) is 16.6. The Balaban J connectivity index is 1.30. The van der Waals surface area contributed by atoms with Crippen LogP contribution in [0.4, 0.5) is 0 Å². The summed E-state index contributed by atoms with van der Waals surface area (Å²) >= 11 is 0. The van der Waals surface area contributed by atoms with Gasteiger partial charge in [0.15, 0.2) is 6.29 Å². The summed E-state index contributed by atoms with van der Waals surface area (Å²) in [6.45, 7) is 8.01. The van der Waals surface area contributed by atoms with Crippen molar-refractivity contribution < 1.29 is 55.1 Å². The molecule has 0 radical (unpaired) electrons. The van der Waals surface area contributed by atoms with Gasteiger partial charge in [0.2, 0.25) is 0 Å². The molecule has 1 aliphatic heterocycles. The molecular formula is C37H58O11. The van der Waals surface area contributed by atoms with Crippen LogP contribution in [0.5, 0.6) is 0 Å². The number of aliphatic hydroxyl groups is 7. The topological polar surface area (TPSA) is 197 Å². The molecular weight excluding hydrogens is 620 g/mol.